The number of hydrogen-bond acceptors (Lipinski definition) is 5. The minimum Gasteiger partial charge on any atom is -0.496 e. The number of aliphatic hydroxyl groups is 1. The third-order valence-corrected chi connectivity index (χ3v) is 3.70. The van der Waals surface area contributed by atoms with E-state index in [0.29, 0.717) is 17.1 Å². The quantitative estimate of drug-likeness (QED) is 0.904. The fraction of sp³-hybridized carbons (Fsp3) is 0.333. The average Bonchev–Trinajstić information content (AvgIpc) is 2.55. The molecule has 0 aliphatic heterocycles. The van der Waals surface area contributed by atoms with E-state index in [1.807, 2.05) is 19.9 Å². The highest BCUT2D eigenvalue weighted by atomic mass is 16.5. The van der Waals surface area contributed by atoms with E-state index in [1.54, 1.807) is 12.1 Å². The van der Waals surface area contributed by atoms with E-state index in [-0.39, 0.29) is 29.3 Å². The van der Waals surface area contributed by atoms with Crippen LogP contribution in [0.5, 0.6) is 11.5 Å². The third kappa shape index (κ3) is 3.19. The van der Waals surface area contributed by atoms with E-state index in [9.17, 15) is 14.7 Å². The molecule has 0 saturated carbocycles. The highest BCUT2D eigenvalue weighted by Crippen LogP contribution is 2.38. The van der Waals surface area contributed by atoms with Crippen LogP contribution in [0.1, 0.15) is 40.1 Å². The van der Waals surface area contributed by atoms with Crippen molar-refractivity contribution >= 4 is 17.6 Å². The average molecular weight is 316 g/mol. The van der Waals surface area contributed by atoms with Gasteiger partial charge in [-0.1, -0.05) is 26.0 Å². The van der Waals surface area contributed by atoms with Gasteiger partial charge in [-0.25, -0.2) is 0 Å². The van der Waals surface area contributed by atoms with Gasteiger partial charge in [0.25, 0.3) is 0 Å². The second-order valence-corrected chi connectivity index (χ2v) is 5.99. The van der Waals surface area contributed by atoms with E-state index in [4.69, 9.17) is 9.47 Å². The lowest BCUT2D eigenvalue weighted by Crippen LogP contribution is -2.16. The van der Waals surface area contributed by atoms with Gasteiger partial charge in [-0.15, -0.1) is 0 Å². The summed E-state index contributed by atoms with van der Waals surface area (Å²) in [5, 5.41) is 9.35. The number of ketones is 2. The van der Waals surface area contributed by atoms with Gasteiger partial charge in [0.15, 0.2) is 11.6 Å². The summed E-state index contributed by atoms with van der Waals surface area (Å²) in [5.74, 6) is 0.0610. The Balaban J connectivity index is 2.69. The first kappa shape index (κ1) is 17.0. The molecule has 1 N–H and O–H groups in total. The normalized spacial score (nSPS) is 14.3. The van der Waals surface area contributed by atoms with E-state index >= 15 is 0 Å². The number of hydrogen-bond donors (Lipinski definition) is 1. The molecule has 5 heteroatoms. The van der Waals surface area contributed by atoms with Gasteiger partial charge < -0.3 is 14.6 Å². The fourth-order valence-corrected chi connectivity index (χ4v) is 2.33. The maximum absolute atomic E-state index is 12.2. The van der Waals surface area contributed by atoms with E-state index in [2.05, 4.69) is 0 Å². The molecule has 0 atom stereocenters. The van der Waals surface area contributed by atoms with Crippen molar-refractivity contribution in [1.29, 1.82) is 0 Å². The molecule has 1 aromatic rings. The van der Waals surface area contributed by atoms with E-state index < -0.39 is 5.41 Å². The lowest BCUT2D eigenvalue weighted by molar-refractivity contribution is 0.0989. The Hall–Kier alpha value is -2.40. The minimum atomic E-state index is -0.423. The number of allylic oxidation sites excluding steroid dienone is 2. The molecule has 0 aromatic heterocycles. The van der Waals surface area contributed by atoms with Crippen LogP contribution in [0.4, 0.5) is 0 Å². The molecule has 1 aliphatic rings. The Morgan fingerprint density at radius 3 is 2.22 bits per heavy atom. The van der Waals surface area contributed by atoms with Gasteiger partial charge in [0, 0.05) is 11.0 Å². The molecule has 1 aliphatic carbocycles. The Morgan fingerprint density at radius 2 is 1.70 bits per heavy atom. The standard InChI is InChI=1S/C18H20O5/c1-18(2,10-19)8-7-11-9-14(22-3)15-12(20)5-6-13(21)16(15)17(11)23-4/h5-9,19H,10H2,1-4H3. The van der Waals surface area contributed by atoms with Crippen LogP contribution in [0.25, 0.3) is 6.08 Å². The first-order valence-electron chi connectivity index (χ1n) is 7.20. The summed E-state index contributed by atoms with van der Waals surface area (Å²) >= 11 is 0. The molecule has 0 radical (unpaired) electrons. The molecular weight excluding hydrogens is 296 g/mol. The molecule has 0 spiro atoms. The van der Waals surface area contributed by atoms with E-state index in [1.165, 1.54) is 26.4 Å². The van der Waals surface area contributed by atoms with E-state index in [0.717, 1.165) is 0 Å². The summed E-state index contributed by atoms with van der Waals surface area (Å²) in [6.07, 6.45) is 6.05. The Labute approximate surface area is 135 Å². The van der Waals surface area contributed by atoms with Crippen LogP contribution in [0.2, 0.25) is 0 Å². The molecule has 0 heterocycles. The zero-order chi connectivity index (χ0) is 17.2. The second-order valence-electron chi connectivity index (χ2n) is 5.99. The zero-order valence-corrected chi connectivity index (χ0v) is 13.7. The molecule has 0 amide bonds. The minimum absolute atomic E-state index is 0.0198. The van der Waals surface area contributed by atoms with Crippen LogP contribution in [0, 0.1) is 5.41 Å². The first-order valence-corrected chi connectivity index (χ1v) is 7.20. The third-order valence-electron chi connectivity index (χ3n) is 3.70. The maximum atomic E-state index is 12.2. The summed E-state index contributed by atoms with van der Waals surface area (Å²) in [5.41, 5.74) is 0.616. The highest BCUT2D eigenvalue weighted by Gasteiger charge is 2.29. The fourth-order valence-electron chi connectivity index (χ4n) is 2.33. The van der Waals surface area contributed by atoms with Crippen molar-refractivity contribution in [3.05, 3.63) is 41.0 Å². The summed E-state index contributed by atoms with van der Waals surface area (Å²) < 4.78 is 10.7. The molecular formula is C18H20O5. The number of carbonyl (C=O) groups excluding carboxylic acids is 2. The molecule has 122 valence electrons. The Morgan fingerprint density at radius 1 is 1.09 bits per heavy atom. The molecule has 2 rings (SSSR count). The monoisotopic (exact) mass is 316 g/mol. The number of methoxy groups -OCH3 is 2. The number of rotatable bonds is 5. The summed E-state index contributed by atoms with van der Waals surface area (Å²) in [4.78, 5) is 24.4. The van der Waals surface area contributed by atoms with Gasteiger partial charge in [-0.05, 0) is 18.2 Å². The van der Waals surface area contributed by atoms with Crippen LogP contribution in [-0.4, -0.2) is 37.5 Å². The van der Waals surface area contributed by atoms with Crippen molar-refractivity contribution in [1.82, 2.24) is 0 Å². The van der Waals surface area contributed by atoms with Crippen LogP contribution in [0.3, 0.4) is 0 Å². The predicted octanol–water partition coefficient (Wildman–Crippen LogP) is 2.67. The largest absolute Gasteiger partial charge is 0.496 e. The topological polar surface area (TPSA) is 72.8 Å². The molecule has 5 nitrogen and oxygen atoms in total. The van der Waals surface area contributed by atoms with Crippen molar-refractivity contribution in [2.75, 3.05) is 20.8 Å². The SMILES string of the molecule is COc1cc(C=CC(C)(C)CO)c(OC)c2c1C(=O)C=CC2=O. The molecule has 0 unspecified atom stereocenters. The molecule has 0 saturated heterocycles. The van der Waals surface area contributed by atoms with Gasteiger partial charge in [-0.3, -0.25) is 9.59 Å². The van der Waals surface area contributed by atoms with Gasteiger partial charge >= 0.3 is 0 Å². The van der Waals surface area contributed by atoms with Crippen molar-refractivity contribution < 1.29 is 24.2 Å². The summed E-state index contributed by atoms with van der Waals surface area (Å²) in [6, 6.07) is 1.66. The Bertz CT molecular complexity index is 711. The van der Waals surface area contributed by atoms with Gasteiger partial charge in [0.1, 0.15) is 11.5 Å². The van der Waals surface area contributed by atoms with Crippen LogP contribution in [-0.2, 0) is 0 Å². The van der Waals surface area contributed by atoms with Crippen molar-refractivity contribution in [2.45, 2.75) is 13.8 Å². The lowest BCUT2D eigenvalue weighted by atomic mass is 9.89. The van der Waals surface area contributed by atoms with Crippen LogP contribution < -0.4 is 9.47 Å². The molecule has 0 bridgehead atoms. The molecule has 0 fully saturated rings. The van der Waals surface area contributed by atoms with Crippen LogP contribution in [0.15, 0.2) is 24.3 Å². The van der Waals surface area contributed by atoms with Gasteiger partial charge in [0.2, 0.25) is 0 Å². The number of fused-ring (bicyclic) bond motifs is 1. The number of ether oxygens (including phenoxy) is 2. The first-order chi connectivity index (χ1) is 10.8. The molecule has 1 aromatic carbocycles. The summed E-state index contributed by atoms with van der Waals surface area (Å²) in [6.45, 7) is 3.74. The number of carbonyl (C=O) groups is 2. The Kier molecular flexibility index (Phi) is 4.71. The predicted molar refractivity (Wildman–Crippen MR) is 87.2 cm³/mol. The second kappa shape index (κ2) is 6.38. The lowest BCUT2D eigenvalue weighted by Gasteiger charge is -2.20. The maximum Gasteiger partial charge on any atom is 0.190 e. The van der Waals surface area contributed by atoms with Gasteiger partial charge in [-0.2, -0.15) is 0 Å². The highest BCUT2D eigenvalue weighted by molar-refractivity contribution is 6.24. The van der Waals surface area contributed by atoms with Crippen molar-refractivity contribution in [3.8, 4) is 11.5 Å². The molecule has 23 heavy (non-hydrogen) atoms. The van der Waals surface area contributed by atoms with Gasteiger partial charge in [0.05, 0.1) is 32.0 Å². The number of aliphatic hydroxyl groups excluding tert-OH is 1. The zero-order valence-electron chi connectivity index (χ0n) is 13.7. The van der Waals surface area contributed by atoms with Crippen molar-refractivity contribution in [2.24, 2.45) is 5.41 Å². The summed E-state index contributed by atoms with van der Waals surface area (Å²) in [7, 11) is 2.90. The van der Waals surface area contributed by atoms with Crippen molar-refractivity contribution in [3.63, 3.8) is 0 Å². The van der Waals surface area contributed by atoms with Crippen LogP contribution >= 0.6 is 0 Å². The number of benzene rings is 1. The smallest absolute Gasteiger partial charge is 0.190 e.